The molecule has 0 fully saturated rings. The molecule has 0 saturated heterocycles. The Morgan fingerprint density at radius 1 is 1.00 bits per heavy atom. The van der Waals surface area contributed by atoms with Gasteiger partial charge in [0, 0.05) is 23.1 Å². The fourth-order valence-electron chi connectivity index (χ4n) is 3.02. The molecule has 0 aliphatic heterocycles. The molecule has 1 heterocycles. The van der Waals surface area contributed by atoms with E-state index in [1.54, 1.807) is 0 Å². The average molecular weight is 342 g/mol. The Hall–Kier alpha value is -2.11. The van der Waals surface area contributed by atoms with Crippen molar-refractivity contribution < 1.29 is 8.42 Å². The van der Waals surface area contributed by atoms with Crippen molar-refractivity contribution in [3.63, 3.8) is 0 Å². The van der Waals surface area contributed by atoms with Crippen LogP contribution in [0.25, 0.3) is 10.9 Å². The number of nitrogens with one attached hydrogen (secondary N) is 2. The molecule has 0 aliphatic rings. The average Bonchev–Trinajstić information content (AvgIpc) is 2.85. The summed E-state index contributed by atoms with van der Waals surface area (Å²) in [6, 6.07) is 15.7. The van der Waals surface area contributed by atoms with E-state index in [0.717, 1.165) is 27.7 Å². The number of fused-ring (bicyclic) bond motifs is 1. The van der Waals surface area contributed by atoms with Gasteiger partial charge in [0.05, 0.1) is 5.75 Å². The second-order valence-corrected chi connectivity index (χ2v) is 7.91. The Morgan fingerprint density at radius 2 is 1.71 bits per heavy atom. The normalized spacial score (nSPS) is 11.9. The Kier molecular flexibility index (Phi) is 4.73. The molecule has 126 valence electrons. The molecule has 3 rings (SSSR count). The Morgan fingerprint density at radius 3 is 2.50 bits per heavy atom. The van der Waals surface area contributed by atoms with Gasteiger partial charge in [0.25, 0.3) is 0 Å². The summed E-state index contributed by atoms with van der Waals surface area (Å²) in [7, 11) is -3.34. The van der Waals surface area contributed by atoms with Gasteiger partial charge in [-0.15, -0.1) is 0 Å². The van der Waals surface area contributed by atoms with Gasteiger partial charge in [-0.05, 0) is 43.0 Å². The first-order valence-electron chi connectivity index (χ1n) is 8.04. The monoisotopic (exact) mass is 342 g/mol. The maximum Gasteiger partial charge on any atom is 0.215 e. The van der Waals surface area contributed by atoms with Crippen LogP contribution in [0.2, 0.25) is 0 Å². The number of aryl methyl sites for hydroxylation is 2. The summed E-state index contributed by atoms with van der Waals surface area (Å²) in [6.45, 7) is 4.36. The van der Waals surface area contributed by atoms with Gasteiger partial charge >= 0.3 is 0 Å². The zero-order valence-electron chi connectivity index (χ0n) is 14.0. The number of aromatic amines is 1. The maximum absolute atomic E-state index is 12.3. The highest BCUT2D eigenvalue weighted by Gasteiger charge is 2.14. The summed E-state index contributed by atoms with van der Waals surface area (Å²) in [4.78, 5) is 3.34. The zero-order valence-corrected chi connectivity index (χ0v) is 14.8. The number of para-hydroxylation sites is 1. The fraction of sp³-hybridized carbons (Fsp3) is 0.263. The number of benzene rings is 2. The van der Waals surface area contributed by atoms with E-state index < -0.39 is 10.0 Å². The third-order valence-electron chi connectivity index (χ3n) is 4.33. The first-order chi connectivity index (χ1) is 11.5. The third-order valence-corrected chi connectivity index (χ3v) is 5.67. The highest BCUT2D eigenvalue weighted by Crippen LogP contribution is 2.22. The highest BCUT2D eigenvalue weighted by molar-refractivity contribution is 7.88. The molecule has 0 atom stereocenters. The SMILES string of the molecule is Cc1ccccc1CS(=O)(=O)NCCc1c(C)[nH]c2ccccc12. The van der Waals surface area contributed by atoms with Crippen molar-refractivity contribution in [1.82, 2.24) is 9.71 Å². The minimum atomic E-state index is -3.34. The number of H-pyrrole nitrogens is 1. The fourth-order valence-corrected chi connectivity index (χ4v) is 4.26. The van der Waals surface area contributed by atoms with E-state index in [9.17, 15) is 8.42 Å². The number of rotatable bonds is 6. The molecule has 4 nitrogen and oxygen atoms in total. The van der Waals surface area contributed by atoms with Crippen LogP contribution in [0.1, 0.15) is 22.4 Å². The summed E-state index contributed by atoms with van der Waals surface area (Å²) < 4.78 is 27.3. The van der Waals surface area contributed by atoms with E-state index in [0.29, 0.717) is 13.0 Å². The summed E-state index contributed by atoms with van der Waals surface area (Å²) in [5.41, 5.74) is 5.19. The predicted octanol–water partition coefficient (Wildman–Crippen LogP) is 3.45. The van der Waals surface area contributed by atoms with Gasteiger partial charge < -0.3 is 4.98 Å². The van der Waals surface area contributed by atoms with Crippen molar-refractivity contribution in [1.29, 1.82) is 0 Å². The molecule has 2 aromatic carbocycles. The molecule has 0 saturated carbocycles. The topological polar surface area (TPSA) is 62.0 Å². The number of sulfonamides is 1. The summed E-state index contributed by atoms with van der Waals surface area (Å²) in [5, 5.41) is 1.16. The molecular weight excluding hydrogens is 320 g/mol. The van der Waals surface area contributed by atoms with E-state index in [1.807, 2.05) is 56.3 Å². The van der Waals surface area contributed by atoms with Crippen LogP contribution in [-0.4, -0.2) is 19.9 Å². The predicted molar refractivity (Wildman–Crippen MR) is 98.5 cm³/mol. The van der Waals surface area contributed by atoms with Crippen LogP contribution in [0, 0.1) is 13.8 Å². The van der Waals surface area contributed by atoms with Gasteiger partial charge in [0.2, 0.25) is 10.0 Å². The van der Waals surface area contributed by atoms with E-state index in [4.69, 9.17) is 0 Å². The molecule has 0 bridgehead atoms. The third kappa shape index (κ3) is 3.68. The highest BCUT2D eigenvalue weighted by atomic mass is 32.2. The molecule has 24 heavy (non-hydrogen) atoms. The van der Waals surface area contributed by atoms with Crippen molar-refractivity contribution in [2.45, 2.75) is 26.0 Å². The second kappa shape index (κ2) is 6.79. The second-order valence-electron chi connectivity index (χ2n) is 6.10. The lowest BCUT2D eigenvalue weighted by Crippen LogP contribution is -2.27. The van der Waals surface area contributed by atoms with Crippen molar-refractivity contribution in [3.05, 3.63) is 70.9 Å². The van der Waals surface area contributed by atoms with Gasteiger partial charge in [0.15, 0.2) is 0 Å². The van der Waals surface area contributed by atoms with Crippen molar-refractivity contribution in [3.8, 4) is 0 Å². The van der Waals surface area contributed by atoms with Crippen molar-refractivity contribution in [2.75, 3.05) is 6.54 Å². The molecule has 0 radical (unpaired) electrons. The molecule has 1 aromatic heterocycles. The van der Waals surface area contributed by atoms with Gasteiger partial charge in [-0.1, -0.05) is 42.5 Å². The van der Waals surface area contributed by atoms with Gasteiger partial charge in [-0.25, -0.2) is 13.1 Å². The van der Waals surface area contributed by atoms with Gasteiger partial charge in [0.1, 0.15) is 0 Å². The lowest BCUT2D eigenvalue weighted by Gasteiger charge is -2.09. The quantitative estimate of drug-likeness (QED) is 0.721. The first-order valence-corrected chi connectivity index (χ1v) is 9.69. The molecule has 5 heteroatoms. The Labute approximate surface area is 143 Å². The minimum absolute atomic E-state index is 0.0204. The van der Waals surface area contributed by atoms with E-state index in [-0.39, 0.29) is 5.75 Å². The van der Waals surface area contributed by atoms with E-state index in [2.05, 4.69) is 15.8 Å². The summed E-state index contributed by atoms with van der Waals surface area (Å²) in [6.07, 6.45) is 0.669. The lowest BCUT2D eigenvalue weighted by atomic mass is 10.1. The molecule has 0 amide bonds. The number of hydrogen-bond donors (Lipinski definition) is 2. The first kappa shape index (κ1) is 16.7. The number of hydrogen-bond acceptors (Lipinski definition) is 2. The van der Waals surface area contributed by atoms with Crippen LogP contribution in [0.3, 0.4) is 0 Å². The maximum atomic E-state index is 12.3. The van der Waals surface area contributed by atoms with Crippen LogP contribution in [0.4, 0.5) is 0 Å². The molecule has 2 N–H and O–H groups in total. The van der Waals surface area contributed by atoms with Crippen LogP contribution < -0.4 is 4.72 Å². The van der Waals surface area contributed by atoms with Crippen molar-refractivity contribution in [2.24, 2.45) is 0 Å². The van der Waals surface area contributed by atoms with Crippen molar-refractivity contribution >= 4 is 20.9 Å². The van der Waals surface area contributed by atoms with Crippen LogP contribution in [-0.2, 0) is 22.2 Å². The Bertz CT molecular complexity index is 958. The molecular formula is C19H22N2O2S. The molecule has 3 aromatic rings. The standard InChI is InChI=1S/C19H22N2O2S/c1-14-7-3-4-8-16(14)13-24(22,23)20-12-11-17-15(2)21-19-10-6-5-9-18(17)19/h3-10,20-21H,11-13H2,1-2H3. The molecule has 0 aliphatic carbocycles. The number of aromatic nitrogens is 1. The van der Waals surface area contributed by atoms with Crippen LogP contribution in [0.15, 0.2) is 48.5 Å². The van der Waals surface area contributed by atoms with E-state index >= 15 is 0 Å². The zero-order chi connectivity index (χ0) is 17.2. The van der Waals surface area contributed by atoms with E-state index in [1.165, 1.54) is 5.56 Å². The lowest BCUT2D eigenvalue weighted by molar-refractivity contribution is 0.580. The van der Waals surface area contributed by atoms with Crippen LogP contribution in [0.5, 0.6) is 0 Å². The Balaban J connectivity index is 1.67. The molecule has 0 spiro atoms. The smallest absolute Gasteiger partial charge is 0.215 e. The minimum Gasteiger partial charge on any atom is -0.358 e. The largest absolute Gasteiger partial charge is 0.358 e. The van der Waals surface area contributed by atoms with Gasteiger partial charge in [-0.3, -0.25) is 0 Å². The molecule has 0 unspecified atom stereocenters. The summed E-state index contributed by atoms with van der Waals surface area (Å²) >= 11 is 0. The van der Waals surface area contributed by atoms with Gasteiger partial charge in [-0.2, -0.15) is 0 Å². The van der Waals surface area contributed by atoms with Crippen LogP contribution >= 0.6 is 0 Å². The summed E-state index contributed by atoms with van der Waals surface area (Å²) in [5.74, 6) is 0.0204.